The number of benzene rings is 2. The molecule has 0 amide bonds. The van der Waals surface area contributed by atoms with Crippen LogP contribution in [0.5, 0.6) is 0 Å². The third-order valence-electron chi connectivity index (χ3n) is 3.62. The fourth-order valence-corrected chi connectivity index (χ4v) is 2.34. The maximum atomic E-state index is 12.9. The minimum absolute atomic E-state index is 0.219. The number of aromatic nitrogens is 2. The van der Waals surface area contributed by atoms with E-state index in [0.717, 1.165) is 16.9 Å². The zero-order chi connectivity index (χ0) is 18.5. The number of carbonyl (C=O) groups is 1. The van der Waals surface area contributed by atoms with Crippen LogP contribution < -0.4 is 10.6 Å². The molecule has 26 heavy (non-hydrogen) atoms. The van der Waals surface area contributed by atoms with E-state index in [1.807, 2.05) is 6.92 Å². The molecule has 0 spiro atoms. The third kappa shape index (κ3) is 4.54. The van der Waals surface area contributed by atoms with Gasteiger partial charge in [0.2, 0.25) is 5.95 Å². The average molecular weight is 352 g/mol. The van der Waals surface area contributed by atoms with Crippen LogP contribution in [0.2, 0.25) is 0 Å². The molecule has 0 saturated carbocycles. The molecule has 3 N–H and O–H groups in total. The first-order valence-corrected chi connectivity index (χ1v) is 7.94. The highest BCUT2D eigenvalue weighted by molar-refractivity contribution is 5.88. The van der Waals surface area contributed by atoms with Crippen molar-refractivity contribution in [2.24, 2.45) is 0 Å². The molecule has 0 atom stereocenters. The molecule has 132 valence electrons. The van der Waals surface area contributed by atoms with Crippen LogP contribution in [0.15, 0.2) is 54.6 Å². The van der Waals surface area contributed by atoms with Crippen molar-refractivity contribution in [3.05, 3.63) is 77.2 Å². The second-order valence-electron chi connectivity index (χ2n) is 5.71. The largest absolute Gasteiger partial charge is 0.478 e. The normalized spacial score (nSPS) is 10.4. The molecule has 6 nitrogen and oxygen atoms in total. The monoisotopic (exact) mass is 352 g/mol. The second-order valence-corrected chi connectivity index (χ2v) is 5.71. The number of aryl methyl sites for hydroxylation is 1. The summed E-state index contributed by atoms with van der Waals surface area (Å²) < 4.78 is 12.9. The van der Waals surface area contributed by atoms with Crippen molar-refractivity contribution in [2.75, 3.05) is 10.6 Å². The van der Waals surface area contributed by atoms with Crippen LogP contribution in [0.4, 0.5) is 21.8 Å². The van der Waals surface area contributed by atoms with Crippen LogP contribution in [-0.4, -0.2) is 21.0 Å². The van der Waals surface area contributed by atoms with Gasteiger partial charge in [-0.3, -0.25) is 0 Å². The Morgan fingerprint density at radius 3 is 2.42 bits per heavy atom. The zero-order valence-electron chi connectivity index (χ0n) is 14.0. The van der Waals surface area contributed by atoms with Gasteiger partial charge in [0.15, 0.2) is 0 Å². The fourth-order valence-electron chi connectivity index (χ4n) is 2.34. The van der Waals surface area contributed by atoms with Crippen LogP contribution in [0.25, 0.3) is 0 Å². The zero-order valence-corrected chi connectivity index (χ0v) is 14.0. The van der Waals surface area contributed by atoms with Crippen LogP contribution in [0, 0.1) is 12.7 Å². The molecule has 2 aromatic carbocycles. The number of hydrogen-bond acceptors (Lipinski definition) is 5. The molecule has 0 radical (unpaired) electrons. The standard InChI is InChI=1S/C19H17FN4O2/c1-12-10-17(23-16-8-4-14(5-9-16)18(25)26)24-19(22-12)21-11-13-2-6-15(20)7-3-13/h2-10H,11H2,1H3,(H,25,26)(H2,21,22,23,24). The van der Waals surface area contributed by atoms with Gasteiger partial charge in [-0.1, -0.05) is 12.1 Å². The SMILES string of the molecule is Cc1cc(Nc2ccc(C(=O)O)cc2)nc(NCc2ccc(F)cc2)n1. The molecule has 0 fully saturated rings. The minimum Gasteiger partial charge on any atom is -0.478 e. The molecule has 7 heteroatoms. The quantitative estimate of drug-likeness (QED) is 0.622. The van der Waals surface area contributed by atoms with E-state index in [1.54, 1.807) is 30.3 Å². The number of nitrogens with zero attached hydrogens (tertiary/aromatic N) is 2. The van der Waals surface area contributed by atoms with E-state index >= 15 is 0 Å². The van der Waals surface area contributed by atoms with Crippen molar-refractivity contribution < 1.29 is 14.3 Å². The lowest BCUT2D eigenvalue weighted by Crippen LogP contribution is -2.06. The van der Waals surface area contributed by atoms with E-state index in [0.29, 0.717) is 18.3 Å². The summed E-state index contributed by atoms with van der Waals surface area (Å²) in [6.07, 6.45) is 0. The Labute approximate surface area is 149 Å². The number of anilines is 3. The van der Waals surface area contributed by atoms with Crippen molar-refractivity contribution in [1.82, 2.24) is 9.97 Å². The van der Waals surface area contributed by atoms with Crippen molar-refractivity contribution in [3.8, 4) is 0 Å². The summed E-state index contributed by atoms with van der Waals surface area (Å²) in [5.41, 5.74) is 2.62. The van der Waals surface area contributed by atoms with Gasteiger partial charge in [-0.05, 0) is 48.9 Å². The molecule has 0 bridgehead atoms. The van der Waals surface area contributed by atoms with Gasteiger partial charge in [-0.15, -0.1) is 0 Å². The van der Waals surface area contributed by atoms with Gasteiger partial charge in [-0.25, -0.2) is 14.2 Å². The van der Waals surface area contributed by atoms with E-state index in [1.165, 1.54) is 24.3 Å². The number of nitrogens with one attached hydrogen (secondary N) is 2. The number of aromatic carboxylic acids is 1. The maximum absolute atomic E-state index is 12.9. The van der Waals surface area contributed by atoms with Gasteiger partial charge in [-0.2, -0.15) is 4.98 Å². The molecule has 0 saturated heterocycles. The highest BCUT2D eigenvalue weighted by Crippen LogP contribution is 2.18. The van der Waals surface area contributed by atoms with Crippen molar-refractivity contribution in [2.45, 2.75) is 13.5 Å². The molecular weight excluding hydrogens is 335 g/mol. The lowest BCUT2D eigenvalue weighted by Gasteiger charge is -2.10. The van der Waals surface area contributed by atoms with Gasteiger partial charge in [0.1, 0.15) is 11.6 Å². The van der Waals surface area contributed by atoms with Gasteiger partial charge in [0.05, 0.1) is 5.56 Å². The number of halogens is 1. The molecular formula is C19H17FN4O2. The minimum atomic E-state index is -0.971. The first-order valence-electron chi connectivity index (χ1n) is 7.94. The lowest BCUT2D eigenvalue weighted by atomic mass is 10.2. The Bertz CT molecular complexity index is 912. The Kier molecular flexibility index (Phi) is 5.07. The Morgan fingerprint density at radius 1 is 1.08 bits per heavy atom. The summed E-state index contributed by atoms with van der Waals surface area (Å²) in [7, 11) is 0. The number of rotatable bonds is 6. The number of carboxylic acids is 1. The van der Waals surface area contributed by atoms with Gasteiger partial charge in [0, 0.05) is 24.0 Å². The number of hydrogen-bond donors (Lipinski definition) is 3. The average Bonchev–Trinajstić information content (AvgIpc) is 2.61. The van der Waals surface area contributed by atoms with E-state index in [9.17, 15) is 9.18 Å². The molecule has 0 unspecified atom stereocenters. The van der Waals surface area contributed by atoms with E-state index in [4.69, 9.17) is 5.11 Å². The molecule has 0 aliphatic carbocycles. The first-order chi connectivity index (χ1) is 12.5. The van der Waals surface area contributed by atoms with E-state index < -0.39 is 5.97 Å². The van der Waals surface area contributed by atoms with Crippen molar-refractivity contribution >= 4 is 23.4 Å². The summed E-state index contributed by atoms with van der Waals surface area (Å²) >= 11 is 0. The maximum Gasteiger partial charge on any atom is 0.335 e. The summed E-state index contributed by atoms with van der Waals surface area (Å²) in [6.45, 7) is 2.32. The fraction of sp³-hybridized carbons (Fsp3) is 0.105. The number of carboxylic acid groups (broad SMARTS) is 1. The topological polar surface area (TPSA) is 87.1 Å². The molecule has 3 rings (SSSR count). The van der Waals surface area contributed by atoms with Crippen LogP contribution in [0.1, 0.15) is 21.6 Å². The molecule has 1 heterocycles. The highest BCUT2D eigenvalue weighted by Gasteiger charge is 2.05. The summed E-state index contributed by atoms with van der Waals surface area (Å²) in [5, 5.41) is 15.2. The third-order valence-corrected chi connectivity index (χ3v) is 3.62. The molecule has 0 aliphatic rings. The van der Waals surface area contributed by atoms with Crippen molar-refractivity contribution in [3.63, 3.8) is 0 Å². The Morgan fingerprint density at radius 2 is 1.77 bits per heavy atom. The lowest BCUT2D eigenvalue weighted by molar-refractivity contribution is 0.0697. The van der Waals surface area contributed by atoms with Crippen molar-refractivity contribution in [1.29, 1.82) is 0 Å². The molecule has 3 aromatic rings. The smallest absolute Gasteiger partial charge is 0.335 e. The Hall–Kier alpha value is -3.48. The predicted molar refractivity (Wildman–Crippen MR) is 97.2 cm³/mol. The van der Waals surface area contributed by atoms with Gasteiger partial charge < -0.3 is 15.7 Å². The first kappa shape index (κ1) is 17.3. The summed E-state index contributed by atoms with van der Waals surface area (Å²) in [5.74, 6) is -0.219. The van der Waals surface area contributed by atoms with Crippen LogP contribution >= 0.6 is 0 Å². The highest BCUT2D eigenvalue weighted by atomic mass is 19.1. The van der Waals surface area contributed by atoms with Gasteiger partial charge >= 0.3 is 5.97 Å². The summed E-state index contributed by atoms with van der Waals surface area (Å²) in [4.78, 5) is 19.6. The van der Waals surface area contributed by atoms with Crippen LogP contribution in [-0.2, 0) is 6.54 Å². The molecule has 1 aromatic heterocycles. The second kappa shape index (κ2) is 7.60. The Balaban J connectivity index is 1.70. The summed E-state index contributed by atoms with van der Waals surface area (Å²) in [6, 6.07) is 14.4. The van der Waals surface area contributed by atoms with E-state index in [2.05, 4.69) is 20.6 Å². The van der Waals surface area contributed by atoms with E-state index in [-0.39, 0.29) is 11.4 Å². The van der Waals surface area contributed by atoms with Gasteiger partial charge in [0.25, 0.3) is 0 Å². The van der Waals surface area contributed by atoms with Crippen LogP contribution in [0.3, 0.4) is 0 Å². The predicted octanol–water partition coefficient (Wildman–Crippen LogP) is 3.98. The molecule has 0 aliphatic heterocycles.